The average Bonchev–Trinajstić information content (AvgIpc) is 2.57. The molecule has 0 aliphatic rings. The minimum atomic E-state index is -0.0383. The highest BCUT2D eigenvalue weighted by Gasteiger charge is 2.12. The van der Waals surface area contributed by atoms with Crippen LogP contribution in [0.3, 0.4) is 0 Å². The number of aromatic hydroxyl groups is 5. The van der Waals surface area contributed by atoms with Crippen LogP contribution >= 0.6 is 0 Å². The van der Waals surface area contributed by atoms with E-state index in [0.717, 1.165) is 5.56 Å². The lowest BCUT2D eigenvalue weighted by Gasteiger charge is -2.13. The van der Waals surface area contributed by atoms with Crippen LogP contribution in [0.15, 0.2) is 48.5 Å². The van der Waals surface area contributed by atoms with E-state index in [1.807, 2.05) is 12.1 Å². The lowest BCUT2D eigenvalue weighted by Crippen LogP contribution is -1.96. The molecule has 5 nitrogen and oxygen atoms in total. The number of phenolic OH excluding ortho intramolecular Hbond substituents is 5. The molecule has 26 heavy (non-hydrogen) atoms. The molecule has 5 heteroatoms. The Bertz CT molecular complexity index is 963. The number of phenols is 5. The molecule has 0 unspecified atom stereocenters. The van der Waals surface area contributed by atoms with Crippen LogP contribution in [-0.4, -0.2) is 25.5 Å². The summed E-state index contributed by atoms with van der Waals surface area (Å²) in [4.78, 5) is 0. The quantitative estimate of drug-likeness (QED) is 0.493. The number of hydrogen-bond acceptors (Lipinski definition) is 5. The van der Waals surface area contributed by atoms with Crippen molar-refractivity contribution in [2.24, 2.45) is 0 Å². The fourth-order valence-electron chi connectivity index (χ4n) is 3.00. The van der Waals surface area contributed by atoms with Crippen molar-refractivity contribution in [2.75, 3.05) is 0 Å². The average molecular weight is 352 g/mol. The highest BCUT2D eigenvalue weighted by molar-refractivity contribution is 5.50. The number of hydrogen-bond donors (Lipinski definition) is 5. The Morgan fingerprint density at radius 3 is 1.69 bits per heavy atom. The Kier molecular flexibility index (Phi) is 4.63. The number of aryl methyl sites for hydroxylation is 1. The molecule has 0 aliphatic carbocycles. The van der Waals surface area contributed by atoms with Gasteiger partial charge in [0.2, 0.25) is 0 Å². The molecule has 0 amide bonds. The minimum Gasteiger partial charge on any atom is -0.508 e. The van der Waals surface area contributed by atoms with Crippen molar-refractivity contribution in [2.45, 2.75) is 19.8 Å². The van der Waals surface area contributed by atoms with Gasteiger partial charge in [-0.25, -0.2) is 0 Å². The summed E-state index contributed by atoms with van der Waals surface area (Å²) in [5.74, 6) is 0.0908. The maximum Gasteiger partial charge on any atom is 0.122 e. The van der Waals surface area contributed by atoms with Crippen molar-refractivity contribution in [3.63, 3.8) is 0 Å². The first-order valence-electron chi connectivity index (χ1n) is 8.16. The third-order valence-corrected chi connectivity index (χ3v) is 4.35. The summed E-state index contributed by atoms with van der Waals surface area (Å²) in [6.07, 6.45) is 0.732. The highest BCUT2D eigenvalue weighted by Crippen LogP contribution is 2.32. The van der Waals surface area contributed by atoms with Gasteiger partial charge in [-0.05, 0) is 46.9 Å². The van der Waals surface area contributed by atoms with Gasteiger partial charge in [0.05, 0.1) is 0 Å². The van der Waals surface area contributed by atoms with E-state index in [9.17, 15) is 25.5 Å². The maximum atomic E-state index is 10.4. The Balaban J connectivity index is 1.94. The van der Waals surface area contributed by atoms with Gasteiger partial charge in [0.15, 0.2) is 0 Å². The third-order valence-electron chi connectivity index (χ3n) is 4.35. The van der Waals surface area contributed by atoms with Gasteiger partial charge < -0.3 is 25.5 Å². The summed E-state index contributed by atoms with van der Waals surface area (Å²) in [6, 6.07) is 12.5. The van der Waals surface area contributed by atoms with Crippen molar-refractivity contribution < 1.29 is 25.5 Å². The molecule has 0 spiro atoms. The van der Waals surface area contributed by atoms with E-state index < -0.39 is 0 Å². The van der Waals surface area contributed by atoms with Crippen LogP contribution in [0.25, 0.3) is 0 Å². The zero-order chi connectivity index (χ0) is 18.8. The molecule has 0 radical (unpaired) electrons. The molecule has 0 saturated carbocycles. The fourth-order valence-corrected chi connectivity index (χ4v) is 3.00. The van der Waals surface area contributed by atoms with Gasteiger partial charge in [-0.3, -0.25) is 0 Å². The number of benzene rings is 3. The Morgan fingerprint density at radius 1 is 0.615 bits per heavy atom. The van der Waals surface area contributed by atoms with Crippen molar-refractivity contribution >= 4 is 0 Å². The molecule has 0 heterocycles. The molecule has 0 bridgehead atoms. The summed E-state index contributed by atoms with van der Waals surface area (Å²) in [6.45, 7) is 1.79. The molecule has 0 atom stereocenters. The van der Waals surface area contributed by atoms with Crippen LogP contribution in [0, 0.1) is 6.92 Å². The molecule has 0 aromatic heterocycles. The predicted molar refractivity (Wildman–Crippen MR) is 98.0 cm³/mol. The first kappa shape index (κ1) is 17.5. The van der Waals surface area contributed by atoms with Crippen LogP contribution in [0.4, 0.5) is 0 Å². The second kappa shape index (κ2) is 6.88. The Morgan fingerprint density at radius 2 is 1.15 bits per heavy atom. The predicted octanol–water partition coefficient (Wildman–Crippen LogP) is 3.70. The standard InChI is InChI=1S/C21H20O5/c1-12-6-13(7-14-2-4-17(22)10-19(14)24)8-16(21(12)26)9-15-3-5-18(23)11-20(15)25/h2-6,8,10-11,22-26H,7,9H2,1H3. The minimum absolute atomic E-state index is 0.00312. The van der Waals surface area contributed by atoms with Crippen LogP contribution in [0.1, 0.15) is 27.8 Å². The zero-order valence-corrected chi connectivity index (χ0v) is 14.3. The summed E-state index contributed by atoms with van der Waals surface area (Å²) in [5.41, 5.74) is 3.45. The molecule has 5 N–H and O–H groups in total. The molecule has 3 aromatic carbocycles. The molecule has 0 aliphatic heterocycles. The van der Waals surface area contributed by atoms with Crippen molar-refractivity contribution in [3.8, 4) is 28.7 Å². The van der Waals surface area contributed by atoms with Crippen LogP contribution in [-0.2, 0) is 12.8 Å². The van der Waals surface area contributed by atoms with E-state index >= 15 is 0 Å². The van der Waals surface area contributed by atoms with Crippen molar-refractivity contribution in [1.82, 2.24) is 0 Å². The van der Waals surface area contributed by atoms with E-state index in [2.05, 4.69) is 0 Å². The van der Waals surface area contributed by atoms with E-state index in [1.54, 1.807) is 19.1 Å². The molecule has 3 rings (SSSR count). The topological polar surface area (TPSA) is 101 Å². The normalized spacial score (nSPS) is 10.8. The van der Waals surface area contributed by atoms with E-state index in [4.69, 9.17) is 0 Å². The second-order valence-corrected chi connectivity index (χ2v) is 6.40. The van der Waals surface area contributed by atoms with Gasteiger partial charge in [0, 0.05) is 25.0 Å². The SMILES string of the molecule is Cc1cc(Cc2ccc(O)cc2O)cc(Cc2ccc(O)cc2O)c1O. The van der Waals surface area contributed by atoms with Gasteiger partial charge in [0.1, 0.15) is 28.7 Å². The van der Waals surface area contributed by atoms with Crippen molar-refractivity contribution in [3.05, 3.63) is 76.3 Å². The molecule has 0 fully saturated rings. The van der Waals surface area contributed by atoms with Crippen molar-refractivity contribution in [1.29, 1.82) is 0 Å². The monoisotopic (exact) mass is 352 g/mol. The molecule has 134 valence electrons. The van der Waals surface area contributed by atoms with Gasteiger partial charge in [0.25, 0.3) is 0 Å². The van der Waals surface area contributed by atoms with Gasteiger partial charge >= 0.3 is 0 Å². The Hall–Kier alpha value is -3.34. The molecule has 0 saturated heterocycles. The smallest absolute Gasteiger partial charge is 0.122 e. The first-order valence-corrected chi connectivity index (χ1v) is 8.16. The molecular weight excluding hydrogens is 332 g/mol. The lowest BCUT2D eigenvalue weighted by atomic mass is 9.95. The summed E-state index contributed by atoms with van der Waals surface area (Å²) >= 11 is 0. The van der Waals surface area contributed by atoms with E-state index in [1.165, 1.54) is 24.3 Å². The Labute approximate surface area is 151 Å². The van der Waals surface area contributed by atoms with Gasteiger partial charge in [-0.1, -0.05) is 24.3 Å². The van der Waals surface area contributed by atoms with Gasteiger partial charge in [-0.15, -0.1) is 0 Å². The molecule has 3 aromatic rings. The molecular formula is C21H20O5. The van der Waals surface area contributed by atoms with Crippen LogP contribution in [0.5, 0.6) is 28.7 Å². The third kappa shape index (κ3) is 3.67. The van der Waals surface area contributed by atoms with E-state index in [0.29, 0.717) is 35.1 Å². The highest BCUT2D eigenvalue weighted by atomic mass is 16.3. The second-order valence-electron chi connectivity index (χ2n) is 6.40. The largest absolute Gasteiger partial charge is 0.508 e. The fraction of sp³-hybridized carbons (Fsp3) is 0.143. The maximum absolute atomic E-state index is 10.4. The van der Waals surface area contributed by atoms with Crippen LogP contribution < -0.4 is 0 Å². The van der Waals surface area contributed by atoms with E-state index in [-0.39, 0.29) is 28.7 Å². The first-order chi connectivity index (χ1) is 12.3. The zero-order valence-electron chi connectivity index (χ0n) is 14.3. The summed E-state index contributed by atoms with van der Waals surface area (Å²) in [7, 11) is 0. The summed E-state index contributed by atoms with van der Waals surface area (Å²) in [5, 5.41) is 49.1. The lowest BCUT2D eigenvalue weighted by molar-refractivity contribution is 0.445. The summed E-state index contributed by atoms with van der Waals surface area (Å²) < 4.78 is 0. The van der Waals surface area contributed by atoms with Crippen LogP contribution in [0.2, 0.25) is 0 Å². The number of rotatable bonds is 4. The van der Waals surface area contributed by atoms with Gasteiger partial charge in [-0.2, -0.15) is 0 Å².